The first kappa shape index (κ1) is 11.6. The fraction of sp³-hybridized carbons (Fsp3) is 0.385. The Balaban J connectivity index is 2.12. The van der Waals surface area contributed by atoms with Crippen LogP contribution in [0.4, 0.5) is 0 Å². The standard InChI is InChI=1S/C13H16N2O2/c1-9-4-3-5-11(6-9)7-15-8-12(16)14-10(2)13(15)17/h3-6,10H,7-8H2,1-2H3,(H,14,16). The molecular formula is C13H16N2O2. The number of piperazine rings is 1. The normalized spacial score (nSPS) is 20.4. The van der Waals surface area contributed by atoms with Crippen molar-refractivity contribution in [1.82, 2.24) is 10.2 Å². The van der Waals surface area contributed by atoms with Crippen LogP contribution in [0.5, 0.6) is 0 Å². The number of rotatable bonds is 2. The Bertz CT molecular complexity index is 456. The molecule has 1 aromatic rings. The second-order valence-electron chi connectivity index (χ2n) is 4.47. The summed E-state index contributed by atoms with van der Waals surface area (Å²) in [4.78, 5) is 24.8. The van der Waals surface area contributed by atoms with Crippen LogP contribution in [-0.4, -0.2) is 29.3 Å². The zero-order valence-corrected chi connectivity index (χ0v) is 10.1. The molecule has 0 bridgehead atoms. The third kappa shape index (κ3) is 2.64. The van der Waals surface area contributed by atoms with Crippen molar-refractivity contribution in [3.63, 3.8) is 0 Å². The first-order valence-corrected chi connectivity index (χ1v) is 5.70. The van der Waals surface area contributed by atoms with Crippen molar-refractivity contribution in [1.29, 1.82) is 0 Å². The topological polar surface area (TPSA) is 49.4 Å². The molecule has 2 rings (SSSR count). The molecule has 1 saturated heterocycles. The maximum atomic E-state index is 11.9. The largest absolute Gasteiger partial charge is 0.343 e. The number of benzene rings is 1. The molecule has 0 spiro atoms. The molecule has 0 aromatic heterocycles. The quantitative estimate of drug-likeness (QED) is 0.821. The summed E-state index contributed by atoms with van der Waals surface area (Å²) in [5, 5.41) is 2.63. The highest BCUT2D eigenvalue weighted by atomic mass is 16.2. The van der Waals surface area contributed by atoms with Gasteiger partial charge < -0.3 is 10.2 Å². The van der Waals surface area contributed by atoms with E-state index in [1.807, 2.05) is 31.2 Å². The first-order valence-electron chi connectivity index (χ1n) is 5.70. The van der Waals surface area contributed by atoms with Crippen LogP contribution in [0.25, 0.3) is 0 Å². The lowest BCUT2D eigenvalue weighted by atomic mass is 10.1. The SMILES string of the molecule is Cc1cccc(CN2CC(=O)NC(C)C2=O)c1. The molecule has 1 unspecified atom stereocenters. The number of hydrogen-bond acceptors (Lipinski definition) is 2. The van der Waals surface area contributed by atoms with Gasteiger partial charge in [0.05, 0.1) is 6.54 Å². The summed E-state index contributed by atoms with van der Waals surface area (Å²) in [6, 6.07) is 7.56. The van der Waals surface area contributed by atoms with E-state index in [1.54, 1.807) is 11.8 Å². The van der Waals surface area contributed by atoms with Gasteiger partial charge in [0.2, 0.25) is 11.8 Å². The zero-order chi connectivity index (χ0) is 12.4. The highest BCUT2D eigenvalue weighted by Crippen LogP contribution is 2.10. The molecule has 0 radical (unpaired) electrons. The van der Waals surface area contributed by atoms with E-state index < -0.39 is 6.04 Å². The van der Waals surface area contributed by atoms with E-state index in [-0.39, 0.29) is 18.4 Å². The van der Waals surface area contributed by atoms with Crippen LogP contribution in [-0.2, 0) is 16.1 Å². The van der Waals surface area contributed by atoms with Crippen molar-refractivity contribution in [2.24, 2.45) is 0 Å². The fourth-order valence-electron chi connectivity index (χ4n) is 2.04. The average molecular weight is 232 g/mol. The second-order valence-corrected chi connectivity index (χ2v) is 4.47. The van der Waals surface area contributed by atoms with Gasteiger partial charge >= 0.3 is 0 Å². The number of carbonyl (C=O) groups is 2. The smallest absolute Gasteiger partial charge is 0.245 e. The van der Waals surface area contributed by atoms with Crippen LogP contribution in [0.3, 0.4) is 0 Å². The molecule has 1 aromatic carbocycles. The third-order valence-corrected chi connectivity index (χ3v) is 2.85. The molecule has 1 heterocycles. The van der Waals surface area contributed by atoms with Crippen molar-refractivity contribution >= 4 is 11.8 Å². The maximum Gasteiger partial charge on any atom is 0.245 e. The Hall–Kier alpha value is -1.84. The van der Waals surface area contributed by atoms with Crippen LogP contribution in [0.1, 0.15) is 18.1 Å². The van der Waals surface area contributed by atoms with E-state index in [0.717, 1.165) is 11.1 Å². The van der Waals surface area contributed by atoms with Crippen molar-refractivity contribution in [2.45, 2.75) is 26.4 Å². The first-order chi connectivity index (χ1) is 8.06. The van der Waals surface area contributed by atoms with Gasteiger partial charge in [-0.2, -0.15) is 0 Å². The van der Waals surface area contributed by atoms with Gasteiger partial charge in [-0.15, -0.1) is 0 Å². The molecule has 4 heteroatoms. The zero-order valence-electron chi connectivity index (χ0n) is 10.1. The molecule has 90 valence electrons. The Morgan fingerprint density at radius 2 is 2.18 bits per heavy atom. The van der Waals surface area contributed by atoms with Gasteiger partial charge in [-0.3, -0.25) is 9.59 Å². The Morgan fingerprint density at radius 1 is 1.41 bits per heavy atom. The lowest BCUT2D eigenvalue weighted by Gasteiger charge is -2.30. The van der Waals surface area contributed by atoms with E-state index in [4.69, 9.17) is 0 Å². The molecule has 1 aliphatic rings. The van der Waals surface area contributed by atoms with Crippen LogP contribution in [0.15, 0.2) is 24.3 Å². The summed E-state index contributed by atoms with van der Waals surface area (Å²) in [7, 11) is 0. The summed E-state index contributed by atoms with van der Waals surface area (Å²) in [5.41, 5.74) is 2.21. The Morgan fingerprint density at radius 3 is 2.88 bits per heavy atom. The summed E-state index contributed by atoms with van der Waals surface area (Å²) in [5.74, 6) is -0.115. The summed E-state index contributed by atoms with van der Waals surface area (Å²) in [6.45, 7) is 4.37. The molecule has 1 atom stereocenters. The van der Waals surface area contributed by atoms with Crippen LogP contribution in [0, 0.1) is 6.92 Å². The number of amides is 2. The van der Waals surface area contributed by atoms with Crippen molar-refractivity contribution in [3.05, 3.63) is 35.4 Å². The number of nitrogens with one attached hydrogen (secondary N) is 1. The van der Waals surface area contributed by atoms with Gasteiger partial charge in [-0.1, -0.05) is 29.8 Å². The van der Waals surface area contributed by atoms with E-state index in [1.165, 1.54) is 0 Å². The molecule has 4 nitrogen and oxygen atoms in total. The van der Waals surface area contributed by atoms with Crippen molar-refractivity contribution in [3.8, 4) is 0 Å². The van der Waals surface area contributed by atoms with Gasteiger partial charge in [0.25, 0.3) is 0 Å². The minimum atomic E-state index is -0.416. The minimum absolute atomic E-state index is 0.0221. The van der Waals surface area contributed by atoms with Gasteiger partial charge in [-0.25, -0.2) is 0 Å². The van der Waals surface area contributed by atoms with Crippen LogP contribution < -0.4 is 5.32 Å². The predicted molar refractivity (Wildman–Crippen MR) is 64.2 cm³/mol. The number of hydrogen-bond donors (Lipinski definition) is 1. The van der Waals surface area contributed by atoms with Crippen molar-refractivity contribution < 1.29 is 9.59 Å². The molecule has 0 saturated carbocycles. The Kier molecular flexibility index (Phi) is 3.13. The van der Waals surface area contributed by atoms with Crippen LogP contribution in [0.2, 0.25) is 0 Å². The fourth-order valence-corrected chi connectivity index (χ4v) is 2.04. The second kappa shape index (κ2) is 4.57. The summed E-state index contributed by atoms with van der Waals surface area (Å²) < 4.78 is 0. The van der Waals surface area contributed by atoms with E-state index >= 15 is 0 Å². The number of aryl methyl sites for hydroxylation is 1. The van der Waals surface area contributed by atoms with Gasteiger partial charge in [0.15, 0.2) is 0 Å². The highest BCUT2D eigenvalue weighted by Gasteiger charge is 2.29. The van der Waals surface area contributed by atoms with Crippen LogP contribution >= 0.6 is 0 Å². The number of nitrogens with zero attached hydrogens (tertiary/aromatic N) is 1. The molecule has 1 N–H and O–H groups in total. The maximum absolute atomic E-state index is 11.9. The van der Waals surface area contributed by atoms with Gasteiger partial charge in [0.1, 0.15) is 6.04 Å². The van der Waals surface area contributed by atoms with Crippen molar-refractivity contribution in [2.75, 3.05) is 6.54 Å². The summed E-state index contributed by atoms with van der Waals surface area (Å²) >= 11 is 0. The lowest BCUT2D eigenvalue weighted by Crippen LogP contribution is -2.56. The Labute approximate surface area is 101 Å². The monoisotopic (exact) mass is 232 g/mol. The molecular weight excluding hydrogens is 216 g/mol. The van der Waals surface area contributed by atoms with E-state index in [9.17, 15) is 9.59 Å². The van der Waals surface area contributed by atoms with Gasteiger partial charge in [-0.05, 0) is 19.4 Å². The highest BCUT2D eigenvalue weighted by molar-refractivity contribution is 5.94. The van der Waals surface area contributed by atoms with E-state index in [2.05, 4.69) is 5.32 Å². The van der Waals surface area contributed by atoms with E-state index in [0.29, 0.717) is 6.54 Å². The molecule has 1 aliphatic heterocycles. The lowest BCUT2D eigenvalue weighted by molar-refractivity contribution is -0.144. The molecule has 17 heavy (non-hydrogen) atoms. The molecule has 0 aliphatic carbocycles. The molecule has 2 amide bonds. The minimum Gasteiger partial charge on any atom is -0.343 e. The summed E-state index contributed by atoms with van der Waals surface area (Å²) in [6.07, 6.45) is 0. The number of carbonyl (C=O) groups excluding carboxylic acids is 2. The molecule has 1 fully saturated rings. The average Bonchev–Trinajstić information content (AvgIpc) is 2.25. The third-order valence-electron chi connectivity index (χ3n) is 2.85. The predicted octanol–water partition coefficient (Wildman–Crippen LogP) is 0.842. The van der Waals surface area contributed by atoms with Gasteiger partial charge in [0, 0.05) is 6.54 Å².